The van der Waals surface area contributed by atoms with Crippen LogP contribution in [-0.4, -0.2) is 30.8 Å². The van der Waals surface area contributed by atoms with E-state index in [1.807, 2.05) is 43.3 Å². The molecule has 0 bridgehead atoms. The zero-order chi connectivity index (χ0) is 17.9. The molecule has 0 saturated carbocycles. The van der Waals surface area contributed by atoms with E-state index in [1.54, 1.807) is 12.1 Å². The monoisotopic (exact) mass is 342 g/mol. The van der Waals surface area contributed by atoms with E-state index in [0.717, 1.165) is 30.6 Å². The predicted octanol–water partition coefficient (Wildman–Crippen LogP) is 3.40. The zero-order valence-electron chi connectivity index (χ0n) is 14.6. The molecule has 0 unspecified atom stereocenters. The third-order valence-corrected chi connectivity index (χ3v) is 3.76. The fraction of sp³-hybridized carbons (Fsp3) is 0.350. The Labute approximate surface area is 149 Å². The number of carbonyl (C=O) groups is 1. The first-order valence-electron chi connectivity index (χ1n) is 8.62. The molecular weight excluding hydrogens is 316 g/mol. The Morgan fingerprint density at radius 2 is 1.60 bits per heavy atom. The molecule has 5 heteroatoms. The summed E-state index contributed by atoms with van der Waals surface area (Å²) in [5, 5.41) is 14.9. The molecule has 0 aliphatic rings. The van der Waals surface area contributed by atoms with Gasteiger partial charge in [-0.05, 0) is 56.0 Å². The van der Waals surface area contributed by atoms with Crippen LogP contribution < -0.4 is 15.4 Å². The Kier molecular flexibility index (Phi) is 7.63. The largest absolute Gasteiger partial charge is 0.508 e. The average Bonchev–Trinajstić information content (AvgIpc) is 2.61. The van der Waals surface area contributed by atoms with Gasteiger partial charge < -0.3 is 20.5 Å². The summed E-state index contributed by atoms with van der Waals surface area (Å²) >= 11 is 0. The van der Waals surface area contributed by atoms with Crippen LogP contribution in [0.5, 0.6) is 11.5 Å². The number of aryl methyl sites for hydroxylation is 2. The second-order valence-electron chi connectivity index (χ2n) is 5.97. The Bertz CT molecular complexity index is 639. The molecule has 0 aliphatic carbocycles. The summed E-state index contributed by atoms with van der Waals surface area (Å²) in [5.41, 5.74) is 2.35. The normalized spacial score (nSPS) is 10.3. The summed E-state index contributed by atoms with van der Waals surface area (Å²) in [6.07, 6.45) is 2.48. The third-order valence-electron chi connectivity index (χ3n) is 3.76. The number of hydrogen-bond donors (Lipinski definition) is 3. The van der Waals surface area contributed by atoms with Crippen molar-refractivity contribution in [3.63, 3.8) is 0 Å². The van der Waals surface area contributed by atoms with Gasteiger partial charge in [-0.1, -0.05) is 29.8 Å². The molecule has 134 valence electrons. The van der Waals surface area contributed by atoms with Crippen LogP contribution in [0, 0.1) is 6.92 Å². The fourth-order valence-corrected chi connectivity index (χ4v) is 2.32. The lowest BCUT2D eigenvalue weighted by atomic mass is 10.1. The number of phenols is 1. The molecule has 0 spiro atoms. The second kappa shape index (κ2) is 10.2. The molecule has 25 heavy (non-hydrogen) atoms. The maximum Gasteiger partial charge on any atom is 0.314 e. The van der Waals surface area contributed by atoms with E-state index in [-0.39, 0.29) is 11.8 Å². The van der Waals surface area contributed by atoms with Crippen LogP contribution in [0.15, 0.2) is 48.5 Å². The van der Waals surface area contributed by atoms with E-state index in [4.69, 9.17) is 4.74 Å². The van der Waals surface area contributed by atoms with Gasteiger partial charge in [-0.2, -0.15) is 0 Å². The molecule has 0 heterocycles. The summed E-state index contributed by atoms with van der Waals surface area (Å²) in [6, 6.07) is 14.9. The van der Waals surface area contributed by atoms with Crippen molar-refractivity contribution in [2.75, 3.05) is 19.7 Å². The number of hydrogen-bond acceptors (Lipinski definition) is 3. The van der Waals surface area contributed by atoms with Crippen molar-refractivity contribution in [2.45, 2.75) is 26.2 Å². The van der Waals surface area contributed by atoms with Gasteiger partial charge in [-0.25, -0.2) is 4.79 Å². The van der Waals surface area contributed by atoms with Crippen molar-refractivity contribution in [3.8, 4) is 11.5 Å². The molecule has 5 nitrogen and oxygen atoms in total. The Hall–Kier alpha value is -2.69. The van der Waals surface area contributed by atoms with Gasteiger partial charge in [-0.3, -0.25) is 0 Å². The zero-order valence-corrected chi connectivity index (χ0v) is 14.6. The van der Waals surface area contributed by atoms with Crippen LogP contribution >= 0.6 is 0 Å². The standard InChI is InChI=1S/C20H26N2O3/c1-16-5-11-19(12-6-16)25-15-3-14-22-20(24)21-13-2-4-17-7-9-18(23)10-8-17/h5-12,23H,2-4,13-15H2,1H3,(H2,21,22,24). The summed E-state index contributed by atoms with van der Waals surface area (Å²) in [5.74, 6) is 1.12. The molecule has 2 aromatic carbocycles. The molecular formula is C20H26N2O3. The van der Waals surface area contributed by atoms with Gasteiger partial charge >= 0.3 is 6.03 Å². The first-order chi connectivity index (χ1) is 12.1. The Morgan fingerprint density at radius 3 is 2.28 bits per heavy atom. The highest BCUT2D eigenvalue weighted by Gasteiger charge is 2.00. The van der Waals surface area contributed by atoms with Crippen LogP contribution in [0.2, 0.25) is 0 Å². The first kappa shape index (κ1) is 18.6. The first-order valence-corrected chi connectivity index (χ1v) is 8.62. The lowest BCUT2D eigenvalue weighted by molar-refractivity contribution is 0.239. The quantitative estimate of drug-likeness (QED) is 0.612. The maximum absolute atomic E-state index is 11.7. The molecule has 3 N–H and O–H groups in total. The van der Waals surface area contributed by atoms with Gasteiger partial charge in [0.15, 0.2) is 0 Å². The number of rotatable bonds is 9. The van der Waals surface area contributed by atoms with Crippen molar-refractivity contribution in [1.82, 2.24) is 10.6 Å². The summed E-state index contributed by atoms with van der Waals surface area (Å²) < 4.78 is 5.61. The number of aromatic hydroxyl groups is 1. The van der Waals surface area contributed by atoms with Crippen LogP contribution in [0.3, 0.4) is 0 Å². The molecule has 2 rings (SSSR count). The minimum absolute atomic E-state index is 0.152. The number of benzene rings is 2. The number of urea groups is 1. The van der Waals surface area contributed by atoms with Gasteiger partial charge in [0.2, 0.25) is 0 Å². The number of nitrogens with one attached hydrogen (secondary N) is 2. The van der Waals surface area contributed by atoms with E-state index >= 15 is 0 Å². The van der Waals surface area contributed by atoms with Crippen LogP contribution in [0.25, 0.3) is 0 Å². The fourth-order valence-electron chi connectivity index (χ4n) is 2.32. The Morgan fingerprint density at radius 1 is 0.960 bits per heavy atom. The molecule has 0 aliphatic heterocycles. The van der Waals surface area contributed by atoms with Gasteiger partial charge in [0, 0.05) is 13.1 Å². The lowest BCUT2D eigenvalue weighted by Gasteiger charge is -2.09. The molecule has 2 aromatic rings. The SMILES string of the molecule is Cc1ccc(OCCCNC(=O)NCCCc2ccc(O)cc2)cc1. The second-order valence-corrected chi connectivity index (χ2v) is 5.97. The summed E-state index contributed by atoms with van der Waals surface area (Å²) in [4.78, 5) is 11.7. The molecule has 0 radical (unpaired) electrons. The smallest absolute Gasteiger partial charge is 0.314 e. The molecule has 0 aromatic heterocycles. The van der Waals surface area contributed by atoms with E-state index in [0.29, 0.717) is 19.7 Å². The van der Waals surface area contributed by atoms with E-state index in [1.165, 1.54) is 5.56 Å². The molecule has 0 fully saturated rings. The number of carbonyl (C=O) groups excluding carboxylic acids is 1. The molecule has 0 saturated heterocycles. The van der Waals surface area contributed by atoms with Crippen LogP contribution in [0.4, 0.5) is 4.79 Å². The van der Waals surface area contributed by atoms with Crippen molar-refractivity contribution >= 4 is 6.03 Å². The summed E-state index contributed by atoms with van der Waals surface area (Å²) in [7, 11) is 0. The highest BCUT2D eigenvalue weighted by Crippen LogP contribution is 2.11. The van der Waals surface area contributed by atoms with Crippen molar-refractivity contribution < 1.29 is 14.6 Å². The van der Waals surface area contributed by atoms with Crippen molar-refractivity contribution in [2.24, 2.45) is 0 Å². The van der Waals surface area contributed by atoms with E-state index < -0.39 is 0 Å². The molecule has 2 amide bonds. The van der Waals surface area contributed by atoms with E-state index in [9.17, 15) is 9.90 Å². The third kappa shape index (κ3) is 7.61. The number of phenolic OH excluding ortho intramolecular Hbond substituents is 1. The van der Waals surface area contributed by atoms with Crippen LogP contribution in [-0.2, 0) is 6.42 Å². The van der Waals surface area contributed by atoms with Gasteiger partial charge in [-0.15, -0.1) is 0 Å². The number of ether oxygens (including phenoxy) is 1. The van der Waals surface area contributed by atoms with E-state index in [2.05, 4.69) is 10.6 Å². The summed E-state index contributed by atoms with van der Waals surface area (Å²) in [6.45, 7) is 3.81. The van der Waals surface area contributed by atoms with Crippen LogP contribution in [0.1, 0.15) is 24.0 Å². The van der Waals surface area contributed by atoms with Gasteiger partial charge in [0.25, 0.3) is 0 Å². The maximum atomic E-state index is 11.7. The minimum atomic E-state index is -0.152. The van der Waals surface area contributed by atoms with Gasteiger partial charge in [0.1, 0.15) is 11.5 Å². The van der Waals surface area contributed by atoms with Crippen molar-refractivity contribution in [3.05, 3.63) is 59.7 Å². The molecule has 0 atom stereocenters. The lowest BCUT2D eigenvalue weighted by Crippen LogP contribution is -2.37. The number of amides is 2. The predicted molar refractivity (Wildman–Crippen MR) is 99.1 cm³/mol. The minimum Gasteiger partial charge on any atom is -0.508 e. The average molecular weight is 342 g/mol. The highest BCUT2D eigenvalue weighted by molar-refractivity contribution is 5.73. The Balaban J connectivity index is 1.48. The van der Waals surface area contributed by atoms with Gasteiger partial charge in [0.05, 0.1) is 6.61 Å². The highest BCUT2D eigenvalue weighted by atomic mass is 16.5. The topological polar surface area (TPSA) is 70.6 Å². The van der Waals surface area contributed by atoms with Crippen molar-refractivity contribution in [1.29, 1.82) is 0 Å².